The van der Waals surface area contributed by atoms with Crippen molar-refractivity contribution >= 4 is 11.9 Å². The maximum absolute atomic E-state index is 13.2. The predicted molar refractivity (Wildman–Crippen MR) is 92.6 cm³/mol. The van der Waals surface area contributed by atoms with Gasteiger partial charge in [-0.15, -0.1) is 0 Å². The van der Waals surface area contributed by atoms with E-state index in [4.69, 9.17) is 0 Å². The summed E-state index contributed by atoms with van der Waals surface area (Å²) in [7, 11) is 0. The van der Waals surface area contributed by atoms with Crippen molar-refractivity contribution in [2.75, 3.05) is 26.2 Å². The van der Waals surface area contributed by atoms with Gasteiger partial charge in [-0.05, 0) is 38.8 Å². The number of piperidine rings is 1. The molecule has 2 saturated heterocycles. The van der Waals surface area contributed by atoms with Gasteiger partial charge in [-0.3, -0.25) is 19.6 Å². The second-order valence-electron chi connectivity index (χ2n) is 6.84. The van der Waals surface area contributed by atoms with Crippen LogP contribution in [0.5, 0.6) is 0 Å². The topological polar surface area (TPSA) is 77.0 Å². The Balaban J connectivity index is 1.80. The van der Waals surface area contributed by atoms with Crippen LogP contribution in [0.1, 0.15) is 32.4 Å². The zero-order valence-electron chi connectivity index (χ0n) is 14.9. The van der Waals surface area contributed by atoms with E-state index in [2.05, 4.69) is 9.88 Å². The van der Waals surface area contributed by atoms with Crippen molar-refractivity contribution in [3.63, 3.8) is 0 Å². The fraction of sp³-hybridized carbons (Fsp3) is 0.611. The Kier molecular flexibility index (Phi) is 5.06. The number of likely N-dealkylation sites (tertiary alicyclic amines) is 1. The molecule has 0 unspecified atom stereocenters. The van der Waals surface area contributed by atoms with Crippen molar-refractivity contribution in [3.8, 4) is 0 Å². The Labute approximate surface area is 148 Å². The van der Waals surface area contributed by atoms with E-state index in [9.17, 15) is 14.7 Å². The first kappa shape index (κ1) is 17.8. The average Bonchev–Trinajstić information content (AvgIpc) is 2.83. The molecule has 1 atom stereocenters. The van der Waals surface area contributed by atoms with Crippen LogP contribution in [-0.4, -0.2) is 74.6 Å². The molecule has 0 radical (unpaired) electrons. The molecule has 1 aromatic rings. The summed E-state index contributed by atoms with van der Waals surface area (Å²) in [5.41, 5.74) is -0.0321. The third kappa shape index (κ3) is 3.02. The highest BCUT2D eigenvalue weighted by Gasteiger charge is 2.57. The predicted octanol–water partition coefficient (Wildman–Crippen LogP) is 1.08. The van der Waals surface area contributed by atoms with Crippen molar-refractivity contribution in [2.24, 2.45) is 0 Å². The van der Waals surface area contributed by atoms with Crippen LogP contribution in [0.15, 0.2) is 24.4 Å². The quantitative estimate of drug-likeness (QED) is 0.808. The lowest BCUT2D eigenvalue weighted by Crippen LogP contribution is -2.58. The molecule has 0 aliphatic carbocycles. The number of urea groups is 1. The molecule has 0 saturated carbocycles. The zero-order chi connectivity index (χ0) is 18.0. The summed E-state index contributed by atoms with van der Waals surface area (Å²) < 4.78 is 0. The summed E-state index contributed by atoms with van der Waals surface area (Å²) in [6.45, 7) is 6.13. The highest BCUT2D eigenvalue weighted by atomic mass is 16.3. The molecule has 0 bridgehead atoms. The maximum Gasteiger partial charge on any atom is 0.328 e. The summed E-state index contributed by atoms with van der Waals surface area (Å²) in [6, 6.07) is 5.35. The van der Waals surface area contributed by atoms with Crippen LogP contribution >= 0.6 is 0 Å². The first-order chi connectivity index (χ1) is 12.0. The van der Waals surface area contributed by atoms with E-state index >= 15 is 0 Å². The molecule has 7 heteroatoms. The smallest absolute Gasteiger partial charge is 0.328 e. The summed E-state index contributed by atoms with van der Waals surface area (Å²) in [4.78, 5) is 35.5. The number of nitrogens with zero attached hydrogens (tertiary/aromatic N) is 4. The molecule has 2 aliphatic heterocycles. The first-order valence-corrected chi connectivity index (χ1v) is 8.92. The van der Waals surface area contributed by atoms with E-state index in [1.54, 1.807) is 11.1 Å². The van der Waals surface area contributed by atoms with Crippen molar-refractivity contribution in [1.29, 1.82) is 0 Å². The van der Waals surface area contributed by atoms with Crippen LogP contribution in [0.4, 0.5) is 4.79 Å². The number of carbonyl (C=O) groups excluding carboxylic acids is 2. The molecule has 2 fully saturated rings. The average molecular weight is 346 g/mol. The maximum atomic E-state index is 13.2. The van der Waals surface area contributed by atoms with Crippen LogP contribution in [0.2, 0.25) is 0 Å². The lowest BCUT2D eigenvalue weighted by molar-refractivity contribution is -0.136. The number of carbonyl (C=O) groups is 2. The number of aliphatic hydroxyl groups is 1. The summed E-state index contributed by atoms with van der Waals surface area (Å²) in [5.74, 6) is -0.110. The SMILES string of the molecule is CCN1C(=O)N(Cc2ccccn2)C(=O)C12CCN([C@@H](C)CO)CC2. The molecule has 3 rings (SSSR count). The van der Waals surface area contributed by atoms with Crippen molar-refractivity contribution in [1.82, 2.24) is 19.7 Å². The Bertz CT molecular complexity index is 628. The largest absolute Gasteiger partial charge is 0.395 e. The number of amides is 3. The molecule has 0 aromatic carbocycles. The second kappa shape index (κ2) is 7.09. The van der Waals surface area contributed by atoms with Gasteiger partial charge in [0.15, 0.2) is 0 Å². The summed E-state index contributed by atoms with van der Waals surface area (Å²) in [6.07, 6.45) is 2.88. The number of likely N-dealkylation sites (N-methyl/N-ethyl adjacent to an activating group) is 1. The van der Waals surface area contributed by atoms with Crippen LogP contribution in [0.25, 0.3) is 0 Å². The standard InChI is InChI=1S/C18H26N4O3/c1-3-22-17(25)21(12-15-6-4-5-9-19-15)16(24)18(22)7-10-20(11-8-18)14(2)13-23/h4-6,9,14,23H,3,7-8,10-13H2,1-2H3/t14-/m0/s1. The molecular formula is C18H26N4O3. The molecule has 1 spiro atoms. The number of imide groups is 1. The molecule has 3 amide bonds. The highest BCUT2D eigenvalue weighted by molar-refractivity contribution is 6.07. The number of aromatic nitrogens is 1. The molecule has 25 heavy (non-hydrogen) atoms. The zero-order valence-corrected chi connectivity index (χ0v) is 14.9. The van der Waals surface area contributed by atoms with Gasteiger partial charge in [-0.25, -0.2) is 4.79 Å². The van der Waals surface area contributed by atoms with E-state index in [-0.39, 0.29) is 31.1 Å². The van der Waals surface area contributed by atoms with Crippen LogP contribution in [0.3, 0.4) is 0 Å². The summed E-state index contributed by atoms with van der Waals surface area (Å²) in [5, 5.41) is 9.35. The number of rotatable bonds is 5. The van der Waals surface area contributed by atoms with Crippen LogP contribution < -0.4 is 0 Å². The van der Waals surface area contributed by atoms with E-state index in [1.807, 2.05) is 32.0 Å². The van der Waals surface area contributed by atoms with E-state index in [0.29, 0.717) is 38.2 Å². The normalized spacial score (nSPS) is 22.0. The Morgan fingerprint density at radius 1 is 1.28 bits per heavy atom. The number of hydrogen-bond donors (Lipinski definition) is 1. The van der Waals surface area contributed by atoms with Crippen LogP contribution in [-0.2, 0) is 11.3 Å². The van der Waals surface area contributed by atoms with Gasteiger partial charge in [0.1, 0.15) is 5.54 Å². The molecule has 7 nitrogen and oxygen atoms in total. The fourth-order valence-corrected chi connectivity index (χ4v) is 3.95. The minimum absolute atomic E-state index is 0.0734. The lowest BCUT2D eigenvalue weighted by Gasteiger charge is -2.43. The van der Waals surface area contributed by atoms with Gasteiger partial charge in [0, 0.05) is 31.9 Å². The van der Waals surface area contributed by atoms with E-state index < -0.39 is 5.54 Å². The van der Waals surface area contributed by atoms with Crippen molar-refractivity contribution in [2.45, 2.75) is 44.8 Å². The van der Waals surface area contributed by atoms with Gasteiger partial charge < -0.3 is 10.0 Å². The van der Waals surface area contributed by atoms with E-state index in [0.717, 1.165) is 0 Å². The van der Waals surface area contributed by atoms with Crippen molar-refractivity contribution in [3.05, 3.63) is 30.1 Å². The molecule has 1 N–H and O–H groups in total. The third-order valence-corrected chi connectivity index (χ3v) is 5.50. The Morgan fingerprint density at radius 3 is 2.56 bits per heavy atom. The third-order valence-electron chi connectivity index (χ3n) is 5.50. The molecule has 136 valence electrons. The van der Waals surface area contributed by atoms with Gasteiger partial charge >= 0.3 is 6.03 Å². The Hall–Kier alpha value is -1.99. The molecular weight excluding hydrogens is 320 g/mol. The van der Waals surface area contributed by atoms with Gasteiger partial charge in [0.05, 0.1) is 18.8 Å². The minimum atomic E-state index is -0.744. The van der Waals surface area contributed by atoms with Crippen LogP contribution in [0, 0.1) is 0 Å². The molecule has 3 heterocycles. The summed E-state index contributed by atoms with van der Waals surface area (Å²) >= 11 is 0. The second-order valence-corrected chi connectivity index (χ2v) is 6.84. The molecule has 2 aliphatic rings. The minimum Gasteiger partial charge on any atom is -0.395 e. The number of pyridine rings is 1. The van der Waals surface area contributed by atoms with Gasteiger partial charge in [0.2, 0.25) is 0 Å². The monoisotopic (exact) mass is 346 g/mol. The highest BCUT2D eigenvalue weighted by Crippen LogP contribution is 2.38. The van der Waals surface area contributed by atoms with Gasteiger partial charge in [-0.1, -0.05) is 6.07 Å². The Morgan fingerprint density at radius 2 is 2.00 bits per heavy atom. The molecule has 1 aromatic heterocycles. The van der Waals surface area contributed by atoms with Gasteiger partial charge in [0.25, 0.3) is 5.91 Å². The van der Waals surface area contributed by atoms with E-state index in [1.165, 1.54) is 4.90 Å². The fourth-order valence-electron chi connectivity index (χ4n) is 3.95. The number of aliphatic hydroxyl groups excluding tert-OH is 1. The number of hydrogen-bond acceptors (Lipinski definition) is 5. The lowest BCUT2D eigenvalue weighted by atomic mass is 9.85. The van der Waals surface area contributed by atoms with Crippen molar-refractivity contribution < 1.29 is 14.7 Å². The van der Waals surface area contributed by atoms with Gasteiger partial charge in [-0.2, -0.15) is 0 Å². The first-order valence-electron chi connectivity index (χ1n) is 8.92.